The largest absolute Gasteiger partial charge is 0.310 e. The Labute approximate surface area is 297 Å². The van der Waals surface area contributed by atoms with E-state index in [0.717, 1.165) is 23.7 Å². The second kappa shape index (κ2) is 11.6. The molecule has 4 bridgehead atoms. The predicted molar refractivity (Wildman–Crippen MR) is 209 cm³/mol. The Hall–Kier alpha value is -4.88. The molecule has 6 aromatic carbocycles. The van der Waals surface area contributed by atoms with Gasteiger partial charge in [-0.25, -0.2) is 0 Å². The van der Waals surface area contributed by atoms with E-state index < -0.39 is 0 Å². The third-order valence-electron chi connectivity index (χ3n) is 13.3. The second-order valence-corrected chi connectivity index (χ2v) is 16.0. The van der Waals surface area contributed by atoms with Crippen LogP contribution >= 0.6 is 0 Å². The molecule has 4 saturated carbocycles. The zero-order valence-electron chi connectivity index (χ0n) is 29.2. The molecule has 11 rings (SSSR count). The number of benzene rings is 6. The fraction of sp³-hybridized carbons (Fsp3) is 0.265. The Bertz CT molecular complexity index is 2190. The Morgan fingerprint density at radius 2 is 1.16 bits per heavy atom. The van der Waals surface area contributed by atoms with Crippen LogP contribution in [0.2, 0.25) is 0 Å². The first-order valence-electron chi connectivity index (χ1n) is 18.9. The van der Waals surface area contributed by atoms with Crippen molar-refractivity contribution >= 4 is 17.1 Å². The summed E-state index contributed by atoms with van der Waals surface area (Å²) >= 11 is 0. The lowest BCUT2D eigenvalue weighted by atomic mass is 9.64. The summed E-state index contributed by atoms with van der Waals surface area (Å²) in [6.45, 7) is 4.81. The van der Waals surface area contributed by atoms with Crippen molar-refractivity contribution in [1.82, 2.24) is 0 Å². The van der Waals surface area contributed by atoms with Gasteiger partial charge < -0.3 is 4.90 Å². The van der Waals surface area contributed by atoms with Crippen LogP contribution < -0.4 is 4.90 Å². The Balaban J connectivity index is 1.17. The van der Waals surface area contributed by atoms with Gasteiger partial charge in [-0.2, -0.15) is 0 Å². The average Bonchev–Trinajstić information content (AvgIpc) is 3.44. The molecular weight excluding hydrogens is 603 g/mol. The maximum atomic E-state index is 2.55. The number of fused-ring (bicyclic) bond motifs is 5. The quantitative estimate of drug-likeness (QED) is 0.174. The van der Waals surface area contributed by atoms with Crippen molar-refractivity contribution in [2.75, 3.05) is 4.90 Å². The fourth-order valence-electron chi connectivity index (χ4n) is 11.0. The summed E-state index contributed by atoms with van der Waals surface area (Å²) in [7, 11) is 0. The summed E-state index contributed by atoms with van der Waals surface area (Å²) in [5.41, 5.74) is 15.9. The van der Waals surface area contributed by atoms with Crippen molar-refractivity contribution in [2.45, 2.75) is 57.3 Å². The fourth-order valence-corrected chi connectivity index (χ4v) is 11.0. The minimum atomic E-state index is -0.132. The first kappa shape index (κ1) is 30.0. The molecule has 0 radical (unpaired) electrons. The molecule has 0 spiro atoms. The first-order valence-corrected chi connectivity index (χ1v) is 18.9. The molecule has 5 atom stereocenters. The Kier molecular flexibility index (Phi) is 6.95. The lowest BCUT2D eigenvalue weighted by molar-refractivity contribution is 0.0874. The van der Waals surface area contributed by atoms with Crippen LogP contribution in [0, 0.1) is 23.7 Å². The highest BCUT2D eigenvalue weighted by atomic mass is 15.1. The van der Waals surface area contributed by atoms with Gasteiger partial charge in [0, 0.05) is 16.8 Å². The van der Waals surface area contributed by atoms with Crippen LogP contribution in [-0.4, -0.2) is 0 Å². The van der Waals surface area contributed by atoms with E-state index in [1.54, 1.807) is 5.56 Å². The van der Waals surface area contributed by atoms with Crippen LogP contribution in [0.25, 0.3) is 33.4 Å². The van der Waals surface area contributed by atoms with Crippen molar-refractivity contribution in [3.05, 3.63) is 162 Å². The lowest BCUT2D eigenvalue weighted by Crippen LogP contribution is -2.33. The maximum absolute atomic E-state index is 2.55. The van der Waals surface area contributed by atoms with E-state index in [2.05, 4.69) is 164 Å². The Morgan fingerprint density at radius 3 is 1.96 bits per heavy atom. The van der Waals surface area contributed by atoms with Gasteiger partial charge in [-0.1, -0.05) is 129 Å². The maximum Gasteiger partial charge on any atom is 0.0508 e. The zero-order chi connectivity index (χ0) is 33.4. The molecule has 0 heterocycles. The molecular formula is C49H45N. The molecule has 1 heteroatoms. The minimum Gasteiger partial charge on any atom is -0.310 e. The zero-order valence-corrected chi connectivity index (χ0v) is 29.2. The molecule has 0 saturated heterocycles. The molecule has 3 unspecified atom stereocenters. The Morgan fingerprint density at radius 1 is 0.500 bits per heavy atom. The van der Waals surface area contributed by atoms with Crippen LogP contribution in [0.4, 0.5) is 17.1 Å². The standard InChI is InChI=1S/C49H45N/c1-49(2)46-18-10-9-16-42(46)43-17-11-19-47(48(43)49)50(36-23-20-33(21-24-36)32-12-5-3-6-13-32)37-25-27-40(44(31-37)34-14-7-4-8-15-34)39-26-22-35-30-45-38(35)28-29-41(39)45/h3-21,23-25,27,31,35,38-39,41,45H,22,26,28-30H2,1-2H3/t35?,38?,39-,41?,45-/m0/s1. The smallest absolute Gasteiger partial charge is 0.0508 e. The van der Waals surface area contributed by atoms with Gasteiger partial charge in [-0.3, -0.25) is 0 Å². The molecule has 246 valence electrons. The van der Waals surface area contributed by atoms with Crippen LogP contribution in [-0.2, 0) is 5.41 Å². The van der Waals surface area contributed by atoms with Gasteiger partial charge in [0.05, 0.1) is 5.69 Å². The van der Waals surface area contributed by atoms with Crippen molar-refractivity contribution in [3.8, 4) is 33.4 Å². The highest BCUT2D eigenvalue weighted by Crippen LogP contribution is 2.64. The van der Waals surface area contributed by atoms with Crippen molar-refractivity contribution in [3.63, 3.8) is 0 Å². The number of nitrogens with zero attached hydrogens (tertiary/aromatic N) is 1. The average molecular weight is 648 g/mol. The van der Waals surface area contributed by atoms with Gasteiger partial charge in [0.2, 0.25) is 0 Å². The molecule has 5 aliphatic rings. The van der Waals surface area contributed by atoms with Gasteiger partial charge in [-0.05, 0) is 142 Å². The predicted octanol–water partition coefficient (Wildman–Crippen LogP) is 13.3. The second-order valence-electron chi connectivity index (χ2n) is 16.0. The summed E-state index contributed by atoms with van der Waals surface area (Å²) in [6.07, 6.45) is 7.10. The number of hydrogen-bond donors (Lipinski definition) is 0. The minimum absolute atomic E-state index is 0.132. The van der Waals surface area contributed by atoms with Gasteiger partial charge >= 0.3 is 0 Å². The molecule has 0 aliphatic heterocycles. The van der Waals surface area contributed by atoms with Crippen LogP contribution in [0.1, 0.15) is 68.6 Å². The van der Waals surface area contributed by atoms with Gasteiger partial charge in [0.15, 0.2) is 0 Å². The molecule has 0 amide bonds. The van der Waals surface area contributed by atoms with E-state index >= 15 is 0 Å². The lowest BCUT2D eigenvalue weighted by Gasteiger charge is -2.41. The molecule has 5 aliphatic carbocycles. The summed E-state index contributed by atoms with van der Waals surface area (Å²) in [4.78, 5) is 2.55. The third-order valence-corrected chi connectivity index (χ3v) is 13.3. The summed E-state index contributed by atoms with van der Waals surface area (Å²) in [5.74, 6) is 4.43. The van der Waals surface area contributed by atoms with Crippen LogP contribution in [0.5, 0.6) is 0 Å². The van der Waals surface area contributed by atoms with Crippen molar-refractivity contribution in [1.29, 1.82) is 0 Å². The molecule has 6 aromatic rings. The number of hydrogen-bond acceptors (Lipinski definition) is 1. The summed E-state index contributed by atoms with van der Waals surface area (Å²) in [5, 5.41) is 0. The number of anilines is 3. The highest BCUT2D eigenvalue weighted by molar-refractivity contribution is 5.91. The normalized spacial score (nSPS) is 23.8. The third kappa shape index (κ3) is 4.59. The van der Waals surface area contributed by atoms with Crippen LogP contribution in [0.3, 0.4) is 0 Å². The van der Waals surface area contributed by atoms with E-state index in [1.165, 1.54) is 93.7 Å². The van der Waals surface area contributed by atoms with E-state index in [0.29, 0.717) is 5.92 Å². The highest BCUT2D eigenvalue weighted by Gasteiger charge is 2.53. The number of rotatable bonds is 6. The topological polar surface area (TPSA) is 3.24 Å². The van der Waals surface area contributed by atoms with E-state index in [9.17, 15) is 0 Å². The molecule has 0 N–H and O–H groups in total. The summed E-state index contributed by atoms with van der Waals surface area (Å²) in [6, 6.07) is 54.7. The van der Waals surface area contributed by atoms with Crippen molar-refractivity contribution < 1.29 is 0 Å². The SMILES string of the molecule is CC1(C)c2ccccc2-c2cccc(N(c3ccc(-c4ccccc4)cc3)c3ccc([C@@H]4CCC5C[C@H]6C5CCC64)c(-c4ccccc4)c3)c21. The van der Waals surface area contributed by atoms with Crippen LogP contribution in [0.15, 0.2) is 146 Å². The monoisotopic (exact) mass is 647 g/mol. The summed E-state index contributed by atoms with van der Waals surface area (Å²) < 4.78 is 0. The molecule has 50 heavy (non-hydrogen) atoms. The first-order chi connectivity index (χ1) is 24.6. The van der Waals surface area contributed by atoms with E-state index in [1.807, 2.05) is 0 Å². The van der Waals surface area contributed by atoms with Gasteiger partial charge in [0.1, 0.15) is 0 Å². The van der Waals surface area contributed by atoms with Gasteiger partial charge in [-0.15, -0.1) is 0 Å². The molecule has 1 nitrogen and oxygen atoms in total. The van der Waals surface area contributed by atoms with Gasteiger partial charge in [0.25, 0.3) is 0 Å². The van der Waals surface area contributed by atoms with E-state index in [-0.39, 0.29) is 5.41 Å². The molecule has 4 fully saturated rings. The van der Waals surface area contributed by atoms with Crippen molar-refractivity contribution in [2.24, 2.45) is 23.7 Å². The molecule has 0 aromatic heterocycles. The van der Waals surface area contributed by atoms with E-state index in [4.69, 9.17) is 0 Å².